The third-order valence-electron chi connectivity index (χ3n) is 3.24. The summed E-state index contributed by atoms with van der Waals surface area (Å²) < 4.78 is 26.6. The highest BCUT2D eigenvalue weighted by molar-refractivity contribution is 5.38. The molecule has 2 rings (SSSR count). The minimum Gasteiger partial charge on any atom is -0.318 e. The fourth-order valence-corrected chi connectivity index (χ4v) is 2.11. The van der Waals surface area contributed by atoms with Crippen molar-refractivity contribution in [3.63, 3.8) is 0 Å². The molecule has 0 saturated carbocycles. The Morgan fingerprint density at radius 2 is 1.39 bits per heavy atom. The van der Waals surface area contributed by atoms with Gasteiger partial charge < -0.3 is 5.73 Å². The van der Waals surface area contributed by atoms with E-state index in [2.05, 4.69) is 0 Å². The maximum absolute atomic E-state index is 13.3. The van der Waals surface area contributed by atoms with Crippen molar-refractivity contribution in [2.75, 3.05) is 0 Å². The standard InChI is InChI=1S/C15H15F2N/c1-2-15(18,11-5-3-7-13(16)9-11)12-6-4-8-14(17)10-12/h3-10H,2,18H2,1H3. The van der Waals surface area contributed by atoms with Crippen LogP contribution in [0.15, 0.2) is 48.5 Å². The van der Waals surface area contributed by atoms with E-state index < -0.39 is 5.54 Å². The molecule has 0 amide bonds. The molecule has 0 fully saturated rings. The Morgan fingerprint density at radius 3 is 1.72 bits per heavy atom. The first-order valence-corrected chi connectivity index (χ1v) is 5.87. The van der Waals surface area contributed by atoms with E-state index in [0.29, 0.717) is 17.5 Å². The van der Waals surface area contributed by atoms with Crippen molar-refractivity contribution < 1.29 is 8.78 Å². The van der Waals surface area contributed by atoms with Crippen molar-refractivity contribution in [3.8, 4) is 0 Å². The highest BCUT2D eigenvalue weighted by Gasteiger charge is 2.28. The first kappa shape index (κ1) is 12.7. The normalized spacial score (nSPS) is 11.6. The molecule has 0 unspecified atom stereocenters. The molecule has 0 spiro atoms. The van der Waals surface area contributed by atoms with Crippen LogP contribution in [-0.2, 0) is 5.54 Å². The van der Waals surface area contributed by atoms with Gasteiger partial charge in [0.1, 0.15) is 11.6 Å². The summed E-state index contributed by atoms with van der Waals surface area (Å²) in [4.78, 5) is 0. The van der Waals surface area contributed by atoms with Crippen LogP contribution in [0.3, 0.4) is 0 Å². The molecule has 18 heavy (non-hydrogen) atoms. The molecule has 0 aliphatic carbocycles. The second kappa shape index (κ2) is 4.86. The van der Waals surface area contributed by atoms with Crippen molar-refractivity contribution in [1.29, 1.82) is 0 Å². The van der Waals surface area contributed by atoms with Gasteiger partial charge in [0.15, 0.2) is 0 Å². The molecular weight excluding hydrogens is 232 g/mol. The van der Waals surface area contributed by atoms with Gasteiger partial charge in [-0.15, -0.1) is 0 Å². The van der Waals surface area contributed by atoms with Gasteiger partial charge in [0.2, 0.25) is 0 Å². The molecule has 2 aromatic rings. The van der Waals surface area contributed by atoms with E-state index in [1.807, 2.05) is 6.92 Å². The first-order chi connectivity index (χ1) is 8.56. The Balaban J connectivity index is 2.54. The molecule has 3 heteroatoms. The van der Waals surface area contributed by atoms with E-state index in [0.717, 1.165) is 0 Å². The maximum atomic E-state index is 13.3. The fraction of sp³-hybridized carbons (Fsp3) is 0.200. The topological polar surface area (TPSA) is 26.0 Å². The third-order valence-corrected chi connectivity index (χ3v) is 3.24. The third kappa shape index (κ3) is 2.27. The van der Waals surface area contributed by atoms with Gasteiger partial charge in [-0.05, 0) is 41.8 Å². The summed E-state index contributed by atoms with van der Waals surface area (Å²) in [6, 6.07) is 12.3. The number of benzene rings is 2. The van der Waals surface area contributed by atoms with Crippen LogP contribution >= 0.6 is 0 Å². The average Bonchev–Trinajstić information content (AvgIpc) is 2.38. The van der Waals surface area contributed by atoms with Gasteiger partial charge in [0.25, 0.3) is 0 Å². The summed E-state index contributed by atoms with van der Waals surface area (Å²) >= 11 is 0. The largest absolute Gasteiger partial charge is 0.318 e. The zero-order chi connectivity index (χ0) is 13.2. The Hall–Kier alpha value is -1.74. The predicted molar refractivity (Wildman–Crippen MR) is 68.1 cm³/mol. The molecule has 94 valence electrons. The number of nitrogens with two attached hydrogens (primary N) is 1. The summed E-state index contributed by atoms with van der Waals surface area (Å²) in [5.41, 5.74) is 6.77. The number of halogens is 2. The van der Waals surface area contributed by atoms with Crippen molar-refractivity contribution >= 4 is 0 Å². The number of hydrogen-bond acceptors (Lipinski definition) is 1. The van der Waals surface area contributed by atoms with Gasteiger partial charge in [-0.2, -0.15) is 0 Å². The molecule has 0 saturated heterocycles. The molecule has 0 atom stereocenters. The van der Waals surface area contributed by atoms with Crippen LogP contribution in [0.2, 0.25) is 0 Å². The lowest BCUT2D eigenvalue weighted by Gasteiger charge is -2.29. The summed E-state index contributed by atoms with van der Waals surface area (Å²) in [7, 11) is 0. The maximum Gasteiger partial charge on any atom is 0.123 e. The second-order valence-corrected chi connectivity index (χ2v) is 4.35. The van der Waals surface area contributed by atoms with Gasteiger partial charge in [-0.1, -0.05) is 31.2 Å². The van der Waals surface area contributed by atoms with Crippen LogP contribution in [-0.4, -0.2) is 0 Å². The molecule has 2 N–H and O–H groups in total. The summed E-state index contributed by atoms with van der Waals surface area (Å²) in [5, 5.41) is 0. The Bertz CT molecular complexity index is 506. The predicted octanol–water partition coefficient (Wildman–Crippen LogP) is 3.58. The lowest BCUT2D eigenvalue weighted by Crippen LogP contribution is -2.37. The molecule has 0 heterocycles. The fourth-order valence-electron chi connectivity index (χ4n) is 2.11. The zero-order valence-corrected chi connectivity index (χ0v) is 10.2. The van der Waals surface area contributed by atoms with Gasteiger partial charge in [-0.25, -0.2) is 8.78 Å². The van der Waals surface area contributed by atoms with Crippen LogP contribution < -0.4 is 5.73 Å². The van der Waals surface area contributed by atoms with Gasteiger partial charge in [-0.3, -0.25) is 0 Å². The minimum absolute atomic E-state index is 0.341. The molecule has 0 aromatic heterocycles. The van der Waals surface area contributed by atoms with Crippen LogP contribution in [0.1, 0.15) is 24.5 Å². The highest BCUT2D eigenvalue weighted by atomic mass is 19.1. The van der Waals surface area contributed by atoms with Crippen LogP contribution in [0, 0.1) is 11.6 Å². The van der Waals surface area contributed by atoms with Gasteiger partial charge in [0.05, 0.1) is 5.54 Å². The van der Waals surface area contributed by atoms with E-state index in [1.165, 1.54) is 24.3 Å². The summed E-state index contributed by atoms with van der Waals surface area (Å²) in [6.07, 6.45) is 0.555. The van der Waals surface area contributed by atoms with Crippen molar-refractivity contribution in [2.24, 2.45) is 5.73 Å². The van der Waals surface area contributed by atoms with E-state index in [4.69, 9.17) is 5.73 Å². The lowest BCUT2D eigenvalue weighted by molar-refractivity contribution is 0.507. The van der Waals surface area contributed by atoms with Crippen molar-refractivity contribution in [2.45, 2.75) is 18.9 Å². The van der Waals surface area contributed by atoms with E-state index in [1.54, 1.807) is 24.3 Å². The van der Waals surface area contributed by atoms with E-state index in [-0.39, 0.29) is 11.6 Å². The van der Waals surface area contributed by atoms with Crippen molar-refractivity contribution in [3.05, 3.63) is 71.3 Å². The van der Waals surface area contributed by atoms with Gasteiger partial charge >= 0.3 is 0 Å². The highest BCUT2D eigenvalue weighted by Crippen LogP contribution is 2.30. The second-order valence-electron chi connectivity index (χ2n) is 4.35. The molecule has 2 aromatic carbocycles. The average molecular weight is 247 g/mol. The number of hydrogen-bond donors (Lipinski definition) is 1. The molecule has 0 aliphatic rings. The van der Waals surface area contributed by atoms with Crippen LogP contribution in [0.5, 0.6) is 0 Å². The molecule has 0 radical (unpaired) electrons. The van der Waals surface area contributed by atoms with Crippen molar-refractivity contribution in [1.82, 2.24) is 0 Å². The minimum atomic E-state index is -0.871. The quantitative estimate of drug-likeness (QED) is 0.881. The lowest BCUT2D eigenvalue weighted by atomic mass is 9.81. The van der Waals surface area contributed by atoms with E-state index in [9.17, 15) is 8.78 Å². The zero-order valence-electron chi connectivity index (χ0n) is 10.2. The van der Waals surface area contributed by atoms with Gasteiger partial charge in [0, 0.05) is 0 Å². The SMILES string of the molecule is CCC(N)(c1cccc(F)c1)c1cccc(F)c1. The first-order valence-electron chi connectivity index (χ1n) is 5.87. The van der Waals surface area contributed by atoms with E-state index >= 15 is 0 Å². The monoisotopic (exact) mass is 247 g/mol. The Morgan fingerprint density at radius 1 is 0.944 bits per heavy atom. The Labute approximate surface area is 105 Å². The molecule has 0 bridgehead atoms. The number of rotatable bonds is 3. The Kier molecular flexibility index (Phi) is 3.43. The molecule has 0 aliphatic heterocycles. The molecule has 1 nitrogen and oxygen atoms in total. The summed E-state index contributed by atoms with van der Waals surface area (Å²) in [5.74, 6) is -0.681. The van der Waals surface area contributed by atoms with Crippen LogP contribution in [0.4, 0.5) is 8.78 Å². The molecular formula is C15H15F2N. The smallest absolute Gasteiger partial charge is 0.123 e. The van der Waals surface area contributed by atoms with Crippen LogP contribution in [0.25, 0.3) is 0 Å². The summed E-state index contributed by atoms with van der Waals surface area (Å²) in [6.45, 7) is 1.90.